The van der Waals surface area contributed by atoms with Gasteiger partial charge in [0.15, 0.2) is 0 Å². The first-order chi connectivity index (χ1) is 12.5. The van der Waals surface area contributed by atoms with Crippen LogP contribution in [0.4, 0.5) is 15.9 Å². The number of carbonyl (C=O) groups is 1. The SMILES string of the molecule is Nc1ncccc1CN1CCCC(CC(=O)Nc2ccc(F)c(Cl)c2)C1. The van der Waals surface area contributed by atoms with Gasteiger partial charge in [0, 0.05) is 37.0 Å². The van der Waals surface area contributed by atoms with Crippen molar-refractivity contribution in [2.75, 3.05) is 24.1 Å². The number of rotatable bonds is 5. The second-order valence-electron chi connectivity index (χ2n) is 6.67. The zero-order valence-corrected chi connectivity index (χ0v) is 15.2. The predicted octanol–water partition coefficient (Wildman–Crippen LogP) is 3.70. The van der Waals surface area contributed by atoms with Crippen LogP contribution in [0, 0.1) is 11.7 Å². The minimum Gasteiger partial charge on any atom is -0.383 e. The number of carbonyl (C=O) groups excluding carboxylic acids is 1. The third kappa shape index (κ3) is 4.93. The number of nitrogens with zero attached hydrogens (tertiary/aromatic N) is 2. The Morgan fingerprint density at radius 1 is 1.42 bits per heavy atom. The maximum atomic E-state index is 13.2. The van der Waals surface area contributed by atoms with Gasteiger partial charge >= 0.3 is 0 Å². The Morgan fingerprint density at radius 2 is 2.27 bits per heavy atom. The van der Waals surface area contributed by atoms with Crippen LogP contribution in [0.15, 0.2) is 36.5 Å². The van der Waals surface area contributed by atoms with Crippen molar-refractivity contribution < 1.29 is 9.18 Å². The monoisotopic (exact) mass is 376 g/mol. The number of anilines is 2. The van der Waals surface area contributed by atoms with Crippen molar-refractivity contribution in [3.05, 3.63) is 52.9 Å². The Bertz CT molecular complexity index is 786. The molecule has 0 aliphatic carbocycles. The normalized spacial score (nSPS) is 17.8. The molecule has 0 spiro atoms. The number of amides is 1. The lowest BCUT2D eigenvalue weighted by molar-refractivity contribution is -0.117. The van der Waals surface area contributed by atoms with Crippen LogP contribution in [0.2, 0.25) is 5.02 Å². The number of piperidine rings is 1. The topological polar surface area (TPSA) is 71.2 Å². The van der Waals surface area contributed by atoms with E-state index >= 15 is 0 Å². The fraction of sp³-hybridized carbons (Fsp3) is 0.368. The van der Waals surface area contributed by atoms with Gasteiger partial charge in [-0.25, -0.2) is 9.37 Å². The molecule has 26 heavy (non-hydrogen) atoms. The Labute approximate surface area is 157 Å². The summed E-state index contributed by atoms with van der Waals surface area (Å²) in [5.41, 5.74) is 7.45. The highest BCUT2D eigenvalue weighted by Gasteiger charge is 2.23. The average Bonchev–Trinajstić information content (AvgIpc) is 2.60. The molecule has 1 aliphatic rings. The third-order valence-corrected chi connectivity index (χ3v) is 4.89. The summed E-state index contributed by atoms with van der Waals surface area (Å²) >= 11 is 5.75. The summed E-state index contributed by atoms with van der Waals surface area (Å²) in [6.07, 6.45) is 4.16. The number of nitrogens with two attached hydrogens (primary N) is 1. The number of hydrogen-bond donors (Lipinski definition) is 2. The number of aromatic nitrogens is 1. The smallest absolute Gasteiger partial charge is 0.224 e. The molecule has 1 aromatic heterocycles. The van der Waals surface area contributed by atoms with E-state index < -0.39 is 5.82 Å². The fourth-order valence-electron chi connectivity index (χ4n) is 3.34. The van der Waals surface area contributed by atoms with E-state index in [9.17, 15) is 9.18 Å². The standard InChI is InChI=1S/C19H22ClFN4O/c20-16-10-15(5-6-17(16)21)24-18(26)9-13-3-2-8-25(11-13)12-14-4-1-7-23-19(14)22/h1,4-7,10,13H,2-3,8-9,11-12H2,(H2,22,23)(H,24,26). The van der Waals surface area contributed by atoms with Crippen molar-refractivity contribution in [2.45, 2.75) is 25.8 Å². The van der Waals surface area contributed by atoms with Gasteiger partial charge in [-0.15, -0.1) is 0 Å². The molecule has 1 saturated heterocycles. The largest absolute Gasteiger partial charge is 0.383 e. The van der Waals surface area contributed by atoms with E-state index in [4.69, 9.17) is 17.3 Å². The lowest BCUT2D eigenvalue weighted by Crippen LogP contribution is -2.36. The van der Waals surface area contributed by atoms with Crippen LogP contribution in [0.1, 0.15) is 24.8 Å². The molecule has 1 aliphatic heterocycles. The van der Waals surface area contributed by atoms with Gasteiger partial charge in [-0.2, -0.15) is 0 Å². The molecule has 0 bridgehead atoms. The van der Waals surface area contributed by atoms with Crippen molar-refractivity contribution in [2.24, 2.45) is 5.92 Å². The molecule has 1 fully saturated rings. The first kappa shape index (κ1) is 18.6. The van der Waals surface area contributed by atoms with Crippen molar-refractivity contribution in [3.8, 4) is 0 Å². The van der Waals surface area contributed by atoms with E-state index in [-0.39, 0.29) is 16.8 Å². The molecule has 3 rings (SSSR count). The first-order valence-corrected chi connectivity index (χ1v) is 9.05. The molecule has 5 nitrogen and oxygen atoms in total. The lowest BCUT2D eigenvalue weighted by atomic mass is 9.94. The van der Waals surface area contributed by atoms with Crippen molar-refractivity contribution in [1.29, 1.82) is 0 Å². The number of halogens is 2. The van der Waals surface area contributed by atoms with Gasteiger partial charge in [-0.1, -0.05) is 17.7 Å². The first-order valence-electron chi connectivity index (χ1n) is 8.68. The number of nitrogen functional groups attached to an aromatic ring is 1. The van der Waals surface area contributed by atoms with E-state index in [0.717, 1.165) is 38.0 Å². The maximum Gasteiger partial charge on any atom is 0.224 e. The van der Waals surface area contributed by atoms with Gasteiger partial charge in [0.05, 0.1) is 5.02 Å². The summed E-state index contributed by atoms with van der Waals surface area (Å²) in [7, 11) is 0. The Balaban J connectivity index is 1.53. The van der Waals surface area contributed by atoms with Gasteiger partial charge in [0.25, 0.3) is 0 Å². The second-order valence-corrected chi connectivity index (χ2v) is 7.08. The summed E-state index contributed by atoms with van der Waals surface area (Å²) in [4.78, 5) is 18.7. The predicted molar refractivity (Wildman–Crippen MR) is 101 cm³/mol. The van der Waals surface area contributed by atoms with Crippen LogP contribution in [0.3, 0.4) is 0 Å². The molecule has 138 valence electrons. The van der Waals surface area contributed by atoms with E-state index in [1.165, 1.54) is 18.2 Å². The molecule has 0 saturated carbocycles. The van der Waals surface area contributed by atoms with Crippen molar-refractivity contribution in [3.63, 3.8) is 0 Å². The van der Waals surface area contributed by atoms with Crippen LogP contribution >= 0.6 is 11.6 Å². The molecule has 0 radical (unpaired) electrons. The second kappa shape index (κ2) is 8.47. The number of nitrogens with one attached hydrogen (secondary N) is 1. The zero-order chi connectivity index (χ0) is 18.5. The maximum absolute atomic E-state index is 13.2. The summed E-state index contributed by atoms with van der Waals surface area (Å²) in [5.74, 6) is 0.251. The van der Waals surface area contributed by atoms with Crippen LogP contribution < -0.4 is 11.1 Å². The van der Waals surface area contributed by atoms with Crippen LogP contribution in [-0.4, -0.2) is 28.9 Å². The lowest BCUT2D eigenvalue weighted by Gasteiger charge is -2.32. The van der Waals surface area contributed by atoms with Gasteiger partial charge in [-0.3, -0.25) is 9.69 Å². The quantitative estimate of drug-likeness (QED) is 0.834. The molecule has 1 unspecified atom stereocenters. The molecular weight excluding hydrogens is 355 g/mol. The van der Waals surface area contributed by atoms with Crippen molar-refractivity contribution >= 4 is 29.0 Å². The van der Waals surface area contributed by atoms with E-state index in [0.29, 0.717) is 17.9 Å². The molecule has 3 N–H and O–H groups in total. The number of pyridine rings is 1. The zero-order valence-electron chi connectivity index (χ0n) is 14.4. The highest BCUT2D eigenvalue weighted by molar-refractivity contribution is 6.31. The Morgan fingerprint density at radius 3 is 3.04 bits per heavy atom. The van der Waals surface area contributed by atoms with Crippen LogP contribution in [-0.2, 0) is 11.3 Å². The molecule has 1 aromatic carbocycles. The highest BCUT2D eigenvalue weighted by atomic mass is 35.5. The molecule has 1 atom stereocenters. The minimum atomic E-state index is -0.498. The summed E-state index contributed by atoms with van der Waals surface area (Å²) < 4.78 is 13.2. The molecule has 7 heteroatoms. The van der Waals surface area contributed by atoms with E-state index in [2.05, 4.69) is 15.2 Å². The van der Waals surface area contributed by atoms with Crippen LogP contribution in [0.25, 0.3) is 0 Å². The summed E-state index contributed by atoms with van der Waals surface area (Å²) in [5, 5.41) is 2.79. The molecule has 1 amide bonds. The summed E-state index contributed by atoms with van der Waals surface area (Å²) in [6, 6.07) is 8.05. The van der Waals surface area contributed by atoms with Gasteiger partial charge in [0.1, 0.15) is 11.6 Å². The Hall–Kier alpha value is -2.18. The fourth-order valence-corrected chi connectivity index (χ4v) is 3.52. The highest BCUT2D eigenvalue weighted by Crippen LogP contribution is 2.24. The van der Waals surface area contributed by atoms with Gasteiger partial charge < -0.3 is 11.1 Å². The molecule has 2 aromatic rings. The third-order valence-electron chi connectivity index (χ3n) is 4.60. The average molecular weight is 377 g/mol. The molecule has 2 heterocycles. The van der Waals surface area contributed by atoms with Gasteiger partial charge in [-0.05, 0) is 49.6 Å². The Kier molecular flexibility index (Phi) is 6.06. The summed E-state index contributed by atoms with van der Waals surface area (Å²) in [6.45, 7) is 2.57. The number of hydrogen-bond acceptors (Lipinski definition) is 4. The van der Waals surface area contributed by atoms with E-state index in [1.54, 1.807) is 6.20 Å². The van der Waals surface area contributed by atoms with Gasteiger partial charge in [0.2, 0.25) is 5.91 Å². The molecular formula is C19H22ClFN4O. The number of likely N-dealkylation sites (tertiary alicyclic amines) is 1. The van der Waals surface area contributed by atoms with Crippen molar-refractivity contribution in [1.82, 2.24) is 9.88 Å². The van der Waals surface area contributed by atoms with Crippen LogP contribution in [0.5, 0.6) is 0 Å². The van der Waals surface area contributed by atoms with E-state index in [1.807, 2.05) is 12.1 Å². The number of benzene rings is 1. The minimum absolute atomic E-state index is 0.000649.